The van der Waals surface area contributed by atoms with Crippen molar-refractivity contribution in [3.05, 3.63) is 52.8 Å². The van der Waals surface area contributed by atoms with Crippen LogP contribution in [0.2, 0.25) is 5.02 Å². The molecule has 0 bridgehead atoms. The molecule has 1 aromatic carbocycles. The molecule has 0 saturated carbocycles. The second kappa shape index (κ2) is 11.6. The predicted octanol–water partition coefficient (Wildman–Crippen LogP) is 5.63. The first kappa shape index (κ1) is 22.1. The van der Waals surface area contributed by atoms with E-state index >= 15 is 0 Å². The number of benzene rings is 1. The maximum atomic E-state index is 13.7. The molecule has 2 aromatic rings. The van der Waals surface area contributed by atoms with E-state index in [0.717, 1.165) is 30.7 Å². The molecule has 4 nitrogen and oxygen atoms in total. The van der Waals surface area contributed by atoms with Gasteiger partial charge in [0.2, 0.25) is 5.95 Å². The van der Waals surface area contributed by atoms with Gasteiger partial charge >= 0.3 is 0 Å². The van der Waals surface area contributed by atoms with E-state index in [-0.39, 0.29) is 11.1 Å². The fourth-order valence-corrected chi connectivity index (χ4v) is 2.56. The van der Waals surface area contributed by atoms with Crippen molar-refractivity contribution in [2.24, 2.45) is 0 Å². The molecule has 1 unspecified atom stereocenters. The van der Waals surface area contributed by atoms with Gasteiger partial charge in [-0.25, -0.2) is 9.37 Å². The highest BCUT2D eigenvalue weighted by Crippen LogP contribution is 2.32. The van der Waals surface area contributed by atoms with Gasteiger partial charge in [0.1, 0.15) is 5.75 Å². The van der Waals surface area contributed by atoms with Crippen molar-refractivity contribution in [2.45, 2.75) is 32.2 Å². The Kier molecular flexibility index (Phi) is 9.91. The highest BCUT2D eigenvalue weighted by molar-refractivity contribution is 6.31. The number of ether oxygens (including phenoxy) is 2. The van der Waals surface area contributed by atoms with Gasteiger partial charge in [-0.2, -0.15) is 4.39 Å². The van der Waals surface area contributed by atoms with Crippen molar-refractivity contribution in [3.63, 3.8) is 0 Å². The Labute approximate surface area is 158 Å². The smallest absolute Gasteiger partial charge is 0.250 e. The van der Waals surface area contributed by atoms with E-state index in [0.29, 0.717) is 5.56 Å². The normalized spacial score (nSPS) is 11.3. The van der Waals surface area contributed by atoms with E-state index in [1.807, 2.05) is 24.3 Å². The van der Waals surface area contributed by atoms with Crippen LogP contribution >= 0.6 is 11.6 Å². The topological polar surface area (TPSA) is 43.4 Å². The molecule has 1 aromatic heterocycles. The highest BCUT2D eigenvalue weighted by Gasteiger charge is 2.20. The van der Waals surface area contributed by atoms with E-state index in [2.05, 4.69) is 22.0 Å². The lowest BCUT2D eigenvalue weighted by Gasteiger charge is -2.21. The Morgan fingerprint density at radius 3 is 2.31 bits per heavy atom. The Balaban J connectivity index is 0.00000105. The molecule has 0 aliphatic heterocycles. The third-order valence-electron chi connectivity index (χ3n) is 3.60. The number of pyridine rings is 1. The second-order valence-electron chi connectivity index (χ2n) is 5.61. The molecule has 0 amide bonds. The second-order valence-corrected chi connectivity index (χ2v) is 5.99. The van der Waals surface area contributed by atoms with Crippen LogP contribution in [0.5, 0.6) is 5.75 Å². The van der Waals surface area contributed by atoms with Gasteiger partial charge in [0.05, 0.1) is 18.2 Å². The summed E-state index contributed by atoms with van der Waals surface area (Å²) in [5.41, 5.74) is 1.29. The number of hydrogen-bond acceptors (Lipinski definition) is 4. The standard InChI is InChI=1S/C17H19ClF2N2O.C2H6O/c1-3-4-5-14(13-10-21-17(20)16(19)15(13)18)22-11-6-8-12(23-2)9-7-11;1-3-2/h6-10,14,22H,3-5H2,1-2H3;1-2H3. The Hall–Kier alpha value is -1.92. The molecule has 2 rings (SSSR count). The summed E-state index contributed by atoms with van der Waals surface area (Å²) in [4.78, 5) is 3.45. The van der Waals surface area contributed by atoms with E-state index in [1.165, 1.54) is 6.20 Å². The molecule has 0 saturated heterocycles. The molecular formula is C19H25ClF2N2O2. The number of hydrogen-bond donors (Lipinski definition) is 1. The summed E-state index contributed by atoms with van der Waals surface area (Å²) in [5, 5.41) is 3.08. The zero-order valence-electron chi connectivity index (χ0n) is 15.5. The lowest BCUT2D eigenvalue weighted by Crippen LogP contribution is -2.13. The molecule has 26 heavy (non-hydrogen) atoms. The molecule has 0 aliphatic carbocycles. The van der Waals surface area contributed by atoms with Gasteiger partial charge in [-0.1, -0.05) is 31.4 Å². The van der Waals surface area contributed by atoms with Gasteiger partial charge < -0.3 is 14.8 Å². The van der Waals surface area contributed by atoms with Crippen molar-refractivity contribution in [2.75, 3.05) is 26.6 Å². The SMILES string of the molecule is CCCCC(Nc1ccc(OC)cc1)c1cnc(F)c(F)c1Cl.COC. The number of nitrogens with zero attached hydrogens (tertiary/aromatic N) is 1. The quantitative estimate of drug-likeness (QED) is 0.626. The van der Waals surface area contributed by atoms with Crippen LogP contribution in [0.25, 0.3) is 0 Å². The van der Waals surface area contributed by atoms with Crippen LogP contribution in [0, 0.1) is 11.8 Å². The summed E-state index contributed by atoms with van der Waals surface area (Å²) in [5.74, 6) is -1.55. The van der Waals surface area contributed by atoms with E-state index in [9.17, 15) is 8.78 Å². The number of unbranched alkanes of at least 4 members (excludes halogenated alkanes) is 1. The van der Waals surface area contributed by atoms with Gasteiger partial charge in [-0.05, 0) is 30.7 Å². The fraction of sp³-hybridized carbons (Fsp3) is 0.421. The molecule has 1 heterocycles. The van der Waals surface area contributed by atoms with Crippen LogP contribution in [0.3, 0.4) is 0 Å². The number of halogens is 3. The minimum atomic E-state index is -1.18. The first-order chi connectivity index (χ1) is 12.5. The Bertz CT molecular complexity index is 669. The Morgan fingerprint density at radius 2 is 1.77 bits per heavy atom. The van der Waals surface area contributed by atoms with Crippen LogP contribution in [-0.2, 0) is 4.74 Å². The average molecular weight is 387 g/mol. The fourth-order valence-electron chi connectivity index (χ4n) is 2.30. The lowest BCUT2D eigenvalue weighted by molar-refractivity contribution is 0.277. The van der Waals surface area contributed by atoms with Crippen molar-refractivity contribution < 1.29 is 18.3 Å². The van der Waals surface area contributed by atoms with Crippen molar-refractivity contribution in [1.29, 1.82) is 0 Å². The highest BCUT2D eigenvalue weighted by atomic mass is 35.5. The van der Waals surface area contributed by atoms with Crippen LogP contribution in [0.1, 0.15) is 37.8 Å². The molecule has 1 N–H and O–H groups in total. The molecule has 144 valence electrons. The summed E-state index contributed by atoms with van der Waals surface area (Å²) in [6.45, 7) is 2.07. The third-order valence-corrected chi connectivity index (χ3v) is 3.98. The average Bonchev–Trinajstić information content (AvgIpc) is 2.65. The summed E-state index contributed by atoms with van der Waals surface area (Å²) >= 11 is 5.97. The molecule has 0 spiro atoms. The first-order valence-electron chi connectivity index (χ1n) is 8.28. The monoisotopic (exact) mass is 386 g/mol. The van der Waals surface area contributed by atoms with E-state index < -0.39 is 11.8 Å². The van der Waals surface area contributed by atoms with Gasteiger partial charge in [0.15, 0.2) is 5.82 Å². The number of aromatic nitrogens is 1. The Morgan fingerprint density at radius 1 is 1.15 bits per heavy atom. The summed E-state index contributed by atoms with van der Waals surface area (Å²) in [6.07, 6.45) is 3.92. The molecule has 7 heteroatoms. The number of rotatable bonds is 7. The lowest BCUT2D eigenvalue weighted by atomic mass is 10.0. The van der Waals surface area contributed by atoms with Crippen LogP contribution in [-0.4, -0.2) is 26.3 Å². The van der Waals surface area contributed by atoms with Gasteiger partial charge in [-0.3, -0.25) is 0 Å². The summed E-state index contributed by atoms with van der Waals surface area (Å²) in [6, 6.07) is 7.12. The minimum Gasteiger partial charge on any atom is -0.497 e. The van der Waals surface area contributed by atoms with E-state index in [4.69, 9.17) is 16.3 Å². The minimum absolute atomic E-state index is 0.223. The number of anilines is 1. The maximum absolute atomic E-state index is 13.7. The van der Waals surface area contributed by atoms with E-state index in [1.54, 1.807) is 21.3 Å². The molecular weight excluding hydrogens is 362 g/mol. The molecule has 1 atom stereocenters. The van der Waals surface area contributed by atoms with Crippen molar-refractivity contribution in [3.8, 4) is 5.75 Å². The molecule has 0 radical (unpaired) electrons. The largest absolute Gasteiger partial charge is 0.497 e. The van der Waals surface area contributed by atoms with Crippen LogP contribution < -0.4 is 10.1 Å². The third kappa shape index (κ3) is 6.42. The molecule has 0 fully saturated rings. The maximum Gasteiger partial charge on any atom is 0.250 e. The summed E-state index contributed by atoms with van der Waals surface area (Å²) < 4.78 is 36.2. The zero-order valence-corrected chi connectivity index (χ0v) is 16.2. The van der Waals surface area contributed by atoms with Gasteiger partial charge in [0, 0.05) is 31.7 Å². The number of nitrogens with one attached hydrogen (secondary N) is 1. The first-order valence-corrected chi connectivity index (χ1v) is 8.66. The van der Waals surface area contributed by atoms with Crippen molar-refractivity contribution >= 4 is 17.3 Å². The van der Waals surface area contributed by atoms with Crippen LogP contribution in [0.15, 0.2) is 30.5 Å². The van der Waals surface area contributed by atoms with Crippen molar-refractivity contribution in [1.82, 2.24) is 4.98 Å². The predicted molar refractivity (Wildman–Crippen MR) is 101 cm³/mol. The zero-order chi connectivity index (χ0) is 19.5. The summed E-state index contributed by atoms with van der Waals surface area (Å²) in [7, 11) is 4.85. The number of methoxy groups -OCH3 is 2. The van der Waals surface area contributed by atoms with Gasteiger partial charge in [0.25, 0.3) is 0 Å². The van der Waals surface area contributed by atoms with Gasteiger partial charge in [-0.15, -0.1) is 0 Å². The molecule has 0 aliphatic rings. The van der Waals surface area contributed by atoms with Crippen LogP contribution in [0.4, 0.5) is 14.5 Å².